The fraction of sp³-hybridized carbons (Fsp3) is 0.167. The zero-order valence-electron chi connectivity index (χ0n) is 8.85. The van der Waals surface area contributed by atoms with Gasteiger partial charge in [-0.2, -0.15) is 0 Å². The molecule has 0 saturated carbocycles. The largest absolute Gasteiger partial charge is 0.320 e. The van der Waals surface area contributed by atoms with Crippen LogP contribution in [-0.4, -0.2) is 15.3 Å². The summed E-state index contributed by atoms with van der Waals surface area (Å²) in [7, 11) is 0. The maximum Gasteiger partial charge on any atom is 0.179 e. The number of rotatable bonds is 3. The third-order valence-electron chi connectivity index (χ3n) is 2.28. The summed E-state index contributed by atoms with van der Waals surface area (Å²) in [5.41, 5.74) is 1.67. The van der Waals surface area contributed by atoms with Gasteiger partial charge >= 0.3 is 0 Å². The van der Waals surface area contributed by atoms with Gasteiger partial charge in [-0.3, -0.25) is 4.79 Å². The molecule has 0 radical (unpaired) electrons. The first-order valence-corrected chi connectivity index (χ1v) is 5.73. The Bertz CT molecular complexity index is 505. The summed E-state index contributed by atoms with van der Waals surface area (Å²) in [5.74, 6) is -0.0208. The predicted molar refractivity (Wildman–Crippen MR) is 65.5 cm³/mol. The van der Waals surface area contributed by atoms with Crippen molar-refractivity contribution in [2.75, 3.05) is 0 Å². The lowest BCUT2D eigenvalue weighted by atomic mass is 10.2. The van der Waals surface area contributed by atoms with E-state index in [1.54, 1.807) is 6.20 Å². The highest BCUT2D eigenvalue weighted by Crippen LogP contribution is 2.13. The predicted octanol–water partition coefficient (Wildman–Crippen LogP) is 2.90. The molecule has 4 heteroatoms. The van der Waals surface area contributed by atoms with Crippen molar-refractivity contribution in [1.82, 2.24) is 9.55 Å². The van der Waals surface area contributed by atoms with Crippen LogP contribution in [0, 0.1) is 0 Å². The number of Topliss-reactive ketones (excluding diaryl/α,β-unsaturated/α-hetero) is 1. The van der Waals surface area contributed by atoms with Crippen molar-refractivity contribution < 1.29 is 4.79 Å². The molecule has 0 aliphatic carbocycles. The van der Waals surface area contributed by atoms with Gasteiger partial charge < -0.3 is 4.57 Å². The number of imidazole rings is 1. The molecule has 1 aromatic heterocycles. The van der Waals surface area contributed by atoms with Crippen LogP contribution >= 0.6 is 15.9 Å². The molecule has 0 aliphatic rings. The SMILES string of the molecule is CC(=O)c1cn(Cc2ccccc2)c(Br)n1. The second kappa shape index (κ2) is 4.61. The summed E-state index contributed by atoms with van der Waals surface area (Å²) in [4.78, 5) is 15.3. The van der Waals surface area contributed by atoms with Crippen LogP contribution in [0.15, 0.2) is 41.3 Å². The number of hydrogen-bond donors (Lipinski definition) is 0. The van der Waals surface area contributed by atoms with E-state index in [1.165, 1.54) is 12.5 Å². The first kappa shape index (κ1) is 11.1. The molecule has 0 spiro atoms. The minimum absolute atomic E-state index is 0.0208. The fourth-order valence-corrected chi connectivity index (χ4v) is 1.87. The normalized spacial score (nSPS) is 10.4. The van der Waals surface area contributed by atoms with Crippen LogP contribution in [0.25, 0.3) is 0 Å². The van der Waals surface area contributed by atoms with Crippen LogP contribution in [0.2, 0.25) is 0 Å². The minimum atomic E-state index is -0.0208. The summed E-state index contributed by atoms with van der Waals surface area (Å²) in [5, 5.41) is 0. The van der Waals surface area contributed by atoms with Gasteiger partial charge in [0.15, 0.2) is 10.5 Å². The van der Waals surface area contributed by atoms with E-state index < -0.39 is 0 Å². The standard InChI is InChI=1S/C12H11BrN2O/c1-9(16)11-8-15(12(13)14-11)7-10-5-3-2-4-6-10/h2-6,8H,7H2,1H3. The van der Waals surface area contributed by atoms with E-state index in [-0.39, 0.29) is 5.78 Å². The molecule has 2 aromatic rings. The van der Waals surface area contributed by atoms with Crippen LogP contribution in [0.3, 0.4) is 0 Å². The Morgan fingerprint density at radius 1 is 1.38 bits per heavy atom. The highest BCUT2D eigenvalue weighted by Gasteiger charge is 2.08. The van der Waals surface area contributed by atoms with Gasteiger partial charge in [-0.15, -0.1) is 0 Å². The number of halogens is 1. The van der Waals surface area contributed by atoms with Crippen molar-refractivity contribution in [2.24, 2.45) is 0 Å². The molecule has 0 fully saturated rings. The Balaban J connectivity index is 2.25. The van der Waals surface area contributed by atoms with Gasteiger partial charge in [0, 0.05) is 19.7 Å². The fourth-order valence-electron chi connectivity index (χ4n) is 1.45. The Kier molecular flexibility index (Phi) is 3.19. The van der Waals surface area contributed by atoms with Crippen LogP contribution in [0.4, 0.5) is 0 Å². The van der Waals surface area contributed by atoms with E-state index in [1.807, 2.05) is 34.9 Å². The molecule has 0 N–H and O–H groups in total. The van der Waals surface area contributed by atoms with Gasteiger partial charge in [-0.25, -0.2) is 4.98 Å². The van der Waals surface area contributed by atoms with Gasteiger partial charge in [0.05, 0.1) is 0 Å². The minimum Gasteiger partial charge on any atom is -0.320 e. The van der Waals surface area contributed by atoms with Crippen LogP contribution in [0.1, 0.15) is 23.0 Å². The Morgan fingerprint density at radius 2 is 2.06 bits per heavy atom. The molecule has 0 saturated heterocycles. The molecule has 0 bridgehead atoms. The summed E-state index contributed by atoms with van der Waals surface area (Å²) in [6.45, 7) is 2.23. The molecular formula is C12H11BrN2O. The van der Waals surface area contributed by atoms with Crippen molar-refractivity contribution in [2.45, 2.75) is 13.5 Å². The van der Waals surface area contributed by atoms with Crippen molar-refractivity contribution in [3.05, 3.63) is 52.5 Å². The Labute approximate surface area is 102 Å². The van der Waals surface area contributed by atoms with E-state index in [9.17, 15) is 4.79 Å². The number of ketones is 1. The van der Waals surface area contributed by atoms with Crippen molar-refractivity contribution >= 4 is 21.7 Å². The zero-order valence-corrected chi connectivity index (χ0v) is 10.4. The van der Waals surface area contributed by atoms with E-state index in [4.69, 9.17) is 0 Å². The maximum absolute atomic E-state index is 11.2. The average Bonchev–Trinajstić information content (AvgIpc) is 2.62. The Hall–Kier alpha value is -1.42. The molecule has 3 nitrogen and oxygen atoms in total. The smallest absolute Gasteiger partial charge is 0.179 e. The molecule has 1 heterocycles. The number of carbonyl (C=O) groups is 1. The topological polar surface area (TPSA) is 34.9 Å². The first-order chi connectivity index (χ1) is 7.66. The van der Waals surface area contributed by atoms with E-state index in [0.29, 0.717) is 17.0 Å². The summed E-state index contributed by atoms with van der Waals surface area (Å²) in [6.07, 6.45) is 1.76. The quantitative estimate of drug-likeness (QED) is 0.810. The van der Waals surface area contributed by atoms with Gasteiger partial charge in [0.1, 0.15) is 5.69 Å². The van der Waals surface area contributed by atoms with E-state index in [0.717, 1.165) is 0 Å². The third kappa shape index (κ3) is 2.39. The first-order valence-electron chi connectivity index (χ1n) is 4.94. The van der Waals surface area contributed by atoms with Crippen LogP contribution in [-0.2, 0) is 6.54 Å². The van der Waals surface area contributed by atoms with Crippen molar-refractivity contribution in [3.8, 4) is 0 Å². The molecule has 16 heavy (non-hydrogen) atoms. The number of carbonyl (C=O) groups excluding carboxylic acids is 1. The van der Waals surface area contributed by atoms with Gasteiger partial charge in [-0.05, 0) is 21.5 Å². The van der Waals surface area contributed by atoms with E-state index >= 15 is 0 Å². The maximum atomic E-state index is 11.2. The summed E-state index contributed by atoms with van der Waals surface area (Å²) in [6, 6.07) is 10.0. The van der Waals surface area contributed by atoms with Crippen LogP contribution < -0.4 is 0 Å². The van der Waals surface area contributed by atoms with Gasteiger partial charge in [-0.1, -0.05) is 30.3 Å². The molecule has 2 rings (SSSR count). The second-order valence-electron chi connectivity index (χ2n) is 3.56. The van der Waals surface area contributed by atoms with E-state index in [2.05, 4.69) is 20.9 Å². The van der Waals surface area contributed by atoms with Crippen molar-refractivity contribution in [1.29, 1.82) is 0 Å². The molecule has 0 atom stereocenters. The Morgan fingerprint density at radius 3 is 2.62 bits per heavy atom. The van der Waals surface area contributed by atoms with Crippen LogP contribution in [0.5, 0.6) is 0 Å². The summed E-state index contributed by atoms with van der Waals surface area (Å²) >= 11 is 3.34. The highest BCUT2D eigenvalue weighted by atomic mass is 79.9. The lowest BCUT2D eigenvalue weighted by molar-refractivity contribution is 0.101. The monoisotopic (exact) mass is 278 g/mol. The number of aromatic nitrogens is 2. The molecule has 0 aliphatic heterocycles. The van der Waals surface area contributed by atoms with Crippen molar-refractivity contribution in [3.63, 3.8) is 0 Å². The number of benzene rings is 1. The molecular weight excluding hydrogens is 268 g/mol. The lowest BCUT2D eigenvalue weighted by Crippen LogP contribution is -1.98. The number of nitrogens with zero attached hydrogens (tertiary/aromatic N) is 2. The molecule has 82 valence electrons. The third-order valence-corrected chi connectivity index (χ3v) is 2.92. The molecule has 1 aromatic carbocycles. The lowest BCUT2D eigenvalue weighted by Gasteiger charge is -2.03. The zero-order chi connectivity index (χ0) is 11.5. The highest BCUT2D eigenvalue weighted by molar-refractivity contribution is 9.10. The van der Waals surface area contributed by atoms with Gasteiger partial charge in [0.25, 0.3) is 0 Å². The average molecular weight is 279 g/mol. The number of hydrogen-bond acceptors (Lipinski definition) is 2. The van der Waals surface area contributed by atoms with Gasteiger partial charge in [0.2, 0.25) is 0 Å². The molecule has 0 unspecified atom stereocenters. The molecule has 0 amide bonds. The second-order valence-corrected chi connectivity index (χ2v) is 4.27. The summed E-state index contributed by atoms with van der Waals surface area (Å²) < 4.78 is 2.59.